The molecule has 1 fully saturated rings. The molecule has 1 saturated heterocycles. The summed E-state index contributed by atoms with van der Waals surface area (Å²) in [6, 6.07) is 0. The fourth-order valence-electron chi connectivity index (χ4n) is 1.36. The zero-order valence-corrected chi connectivity index (χ0v) is 8.41. The minimum atomic E-state index is -0.331. The van der Waals surface area contributed by atoms with E-state index in [1.165, 1.54) is 4.90 Å². The third-order valence-electron chi connectivity index (χ3n) is 2.04. The van der Waals surface area contributed by atoms with Gasteiger partial charge in [0.25, 0.3) is 0 Å². The lowest BCUT2D eigenvalue weighted by molar-refractivity contribution is -0.148. The molecule has 1 rings (SSSR count). The van der Waals surface area contributed by atoms with Gasteiger partial charge in [0, 0.05) is 6.54 Å². The molecular formula is C9H16N2O3. The van der Waals surface area contributed by atoms with E-state index < -0.39 is 0 Å². The number of nitrogens with one attached hydrogen (secondary N) is 1. The van der Waals surface area contributed by atoms with Crippen LogP contribution < -0.4 is 5.32 Å². The van der Waals surface area contributed by atoms with Crippen LogP contribution in [0.25, 0.3) is 0 Å². The smallest absolute Gasteiger partial charge is 0.325 e. The van der Waals surface area contributed by atoms with Crippen molar-refractivity contribution in [3.05, 3.63) is 0 Å². The van der Waals surface area contributed by atoms with Crippen molar-refractivity contribution in [1.29, 1.82) is 0 Å². The predicted octanol–water partition coefficient (Wildman–Crippen LogP) is -0.629. The maximum Gasteiger partial charge on any atom is 0.325 e. The second kappa shape index (κ2) is 5.59. The van der Waals surface area contributed by atoms with Crippen LogP contribution in [-0.4, -0.2) is 49.6 Å². The van der Waals surface area contributed by atoms with Gasteiger partial charge in [-0.25, -0.2) is 0 Å². The van der Waals surface area contributed by atoms with Gasteiger partial charge in [0.15, 0.2) is 0 Å². The second-order valence-corrected chi connectivity index (χ2v) is 3.15. The number of hydrogen-bond donors (Lipinski definition) is 1. The van der Waals surface area contributed by atoms with Crippen LogP contribution >= 0.6 is 0 Å². The lowest BCUT2D eigenvalue weighted by atomic mass is 10.4. The van der Waals surface area contributed by atoms with Crippen molar-refractivity contribution in [3.63, 3.8) is 0 Å². The summed E-state index contributed by atoms with van der Waals surface area (Å²) in [6.07, 6.45) is 0.880. The lowest BCUT2D eigenvalue weighted by Gasteiger charge is -2.18. The van der Waals surface area contributed by atoms with Crippen LogP contribution in [0.4, 0.5) is 0 Å². The minimum Gasteiger partial charge on any atom is -0.465 e. The first-order valence-electron chi connectivity index (χ1n) is 4.88. The molecule has 1 amide bonds. The van der Waals surface area contributed by atoms with E-state index in [-0.39, 0.29) is 18.4 Å². The monoisotopic (exact) mass is 200 g/mol. The van der Waals surface area contributed by atoms with E-state index in [9.17, 15) is 9.59 Å². The molecule has 5 heteroatoms. The van der Waals surface area contributed by atoms with Crippen molar-refractivity contribution in [3.8, 4) is 0 Å². The van der Waals surface area contributed by atoms with Crippen molar-refractivity contribution >= 4 is 11.9 Å². The summed E-state index contributed by atoms with van der Waals surface area (Å²) in [6.45, 7) is 3.96. The van der Waals surface area contributed by atoms with E-state index in [4.69, 9.17) is 4.74 Å². The number of carbonyl (C=O) groups is 2. The minimum absolute atomic E-state index is 0.0319. The highest BCUT2D eigenvalue weighted by Gasteiger charge is 2.19. The van der Waals surface area contributed by atoms with Crippen LogP contribution in [0.5, 0.6) is 0 Å². The standard InChI is InChI=1S/C9H16N2O3/c1-2-14-9(13)7-11-5-3-4-10-6-8(11)12/h10H,2-7H2,1H3. The van der Waals surface area contributed by atoms with E-state index in [1.807, 2.05) is 0 Å². The molecular weight excluding hydrogens is 184 g/mol. The van der Waals surface area contributed by atoms with Gasteiger partial charge in [-0.05, 0) is 19.9 Å². The number of rotatable bonds is 3. The number of hydrogen-bond acceptors (Lipinski definition) is 4. The Balaban J connectivity index is 2.40. The topological polar surface area (TPSA) is 58.6 Å². The van der Waals surface area contributed by atoms with Crippen molar-refractivity contribution < 1.29 is 14.3 Å². The van der Waals surface area contributed by atoms with Crippen molar-refractivity contribution in [2.75, 3.05) is 32.8 Å². The Labute approximate surface area is 83.4 Å². The highest BCUT2D eigenvalue weighted by molar-refractivity contribution is 5.83. The van der Waals surface area contributed by atoms with Crippen LogP contribution in [0, 0.1) is 0 Å². The van der Waals surface area contributed by atoms with Gasteiger partial charge >= 0.3 is 5.97 Å². The van der Waals surface area contributed by atoms with Crippen LogP contribution in [0.15, 0.2) is 0 Å². The highest BCUT2D eigenvalue weighted by atomic mass is 16.5. The Morgan fingerprint density at radius 2 is 2.43 bits per heavy atom. The Hall–Kier alpha value is -1.10. The number of carbonyl (C=O) groups excluding carboxylic acids is 2. The molecule has 80 valence electrons. The number of amides is 1. The second-order valence-electron chi connectivity index (χ2n) is 3.15. The van der Waals surface area contributed by atoms with Crippen LogP contribution in [-0.2, 0) is 14.3 Å². The molecule has 1 N–H and O–H groups in total. The van der Waals surface area contributed by atoms with Gasteiger partial charge in [-0.2, -0.15) is 0 Å². The number of nitrogens with zero attached hydrogens (tertiary/aromatic N) is 1. The molecule has 0 aromatic carbocycles. The lowest BCUT2D eigenvalue weighted by Crippen LogP contribution is -2.39. The first-order chi connectivity index (χ1) is 6.74. The summed E-state index contributed by atoms with van der Waals surface area (Å²) < 4.78 is 4.78. The van der Waals surface area contributed by atoms with Crippen molar-refractivity contribution in [2.24, 2.45) is 0 Å². The third kappa shape index (κ3) is 3.33. The van der Waals surface area contributed by atoms with E-state index >= 15 is 0 Å². The molecule has 1 aliphatic heterocycles. The molecule has 0 spiro atoms. The maximum atomic E-state index is 11.4. The fraction of sp³-hybridized carbons (Fsp3) is 0.778. The molecule has 0 atom stereocenters. The van der Waals surface area contributed by atoms with Gasteiger partial charge < -0.3 is 15.0 Å². The molecule has 0 bridgehead atoms. The molecule has 0 radical (unpaired) electrons. The molecule has 0 aromatic rings. The normalized spacial score (nSPS) is 17.8. The Bertz CT molecular complexity index is 218. The zero-order valence-electron chi connectivity index (χ0n) is 8.41. The summed E-state index contributed by atoms with van der Waals surface area (Å²) in [4.78, 5) is 24.1. The summed E-state index contributed by atoms with van der Waals surface area (Å²) in [7, 11) is 0. The van der Waals surface area contributed by atoms with E-state index in [2.05, 4.69) is 5.32 Å². The average Bonchev–Trinajstić information content (AvgIpc) is 2.33. The molecule has 1 aliphatic rings. The maximum absolute atomic E-state index is 11.4. The molecule has 0 saturated carbocycles. The van der Waals surface area contributed by atoms with E-state index in [0.717, 1.165) is 13.0 Å². The Morgan fingerprint density at radius 1 is 1.64 bits per heavy atom. The van der Waals surface area contributed by atoms with E-state index in [1.54, 1.807) is 6.92 Å². The summed E-state index contributed by atoms with van der Waals surface area (Å²) in [5.41, 5.74) is 0. The van der Waals surface area contributed by atoms with Crippen molar-refractivity contribution in [1.82, 2.24) is 10.2 Å². The molecule has 0 unspecified atom stereocenters. The van der Waals surface area contributed by atoms with Gasteiger partial charge in [0.05, 0.1) is 13.2 Å². The molecule has 1 heterocycles. The van der Waals surface area contributed by atoms with Crippen molar-refractivity contribution in [2.45, 2.75) is 13.3 Å². The first-order valence-corrected chi connectivity index (χ1v) is 4.88. The Morgan fingerprint density at radius 3 is 3.14 bits per heavy atom. The SMILES string of the molecule is CCOC(=O)CN1CCCNCC1=O. The van der Waals surface area contributed by atoms with Gasteiger partial charge in [0.2, 0.25) is 5.91 Å². The highest BCUT2D eigenvalue weighted by Crippen LogP contribution is 1.97. The fourth-order valence-corrected chi connectivity index (χ4v) is 1.36. The summed E-state index contributed by atoms with van der Waals surface area (Å²) >= 11 is 0. The zero-order chi connectivity index (χ0) is 10.4. The van der Waals surface area contributed by atoms with Crippen LogP contribution in [0.3, 0.4) is 0 Å². The molecule has 0 aromatic heterocycles. The molecule has 0 aliphatic carbocycles. The quantitative estimate of drug-likeness (QED) is 0.616. The first kappa shape index (κ1) is 11.0. The largest absolute Gasteiger partial charge is 0.465 e. The Kier molecular flexibility index (Phi) is 4.39. The average molecular weight is 200 g/mol. The summed E-state index contributed by atoms with van der Waals surface area (Å²) in [5, 5.41) is 2.99. The van der Waals surface area contributed by atoms with Crippen LogP contribution in [0.1, 0.15) is 13.3 Å². The predicted molar refractivity (Wildman–Crippen MR) is 50.7 cm³/mol. The third-order valence-corrected chi connectivity index (χ3v) is 2.04. The van der Waals surface area contributed by atoms with Gasteiger partial charge in [-0.3, -0.25) is 9.59 Å². The van der Waals surface area contributed by atoms with Gasteiger partial charge in [-0.1, -0.05) is 0 Å². The van der Waals surface area contributed by atoms with E-state index in [0.29, 0.717) is 19.7 Å². The number of esters is 1. The van der Waals surface area contributed by atoms with Crippen LogP contribution in [0.2, 0.25) is 0 Å². The number of ether oxygens (including phenoxy) is 1. The molecule has 5 nitrogen and oxygen atoms in total. The molecule has 14 heavy (non-hydrogen) atoms. The summed E-state index contributed by atoms with van der Waals surface area (Å²) in [5.74, 6) is -0.363. The van der Waals surface area contributed by atoms with Gasteiger partial charge in [0.1, 0.15) is 6.54 Å². The van der Waals surface area contributed by atoms with Gasteiger partial charge in [-0.15, -0.1) is 0 Å².